The Balaban J connectivity index is 1.80. The van der Waals surface area contributed by atoms with Gasteiger partial charge in [-0.15, -0.1) is 0 Å². The van der Waals surface area contributed by atoms with Gasteiger partial charge in [-0.05, 0) is 12.8 Å². The highest BCUT2D eigenvalue weighted by molar-refractivity contribution is 5.67. The van der Waals surface area contributed by atoms with Gasteiger partial charge in [-0.1, -0.05) is 19.3 Å². The molecule has 3 aliphatic rings. The molecule has 3 fully saturated rings. The second-order valence-corrected chi connectivity index (χ2v) is 7.93. The molecule has 0 N–H and O–H groups in total. The minimum atomic E-state index is -1.41. The van der Waals surface area contributed by atoms with Gasteiger partial charge in [0.1, 0.15) is 12.7 Å². The summed E-state index contributed by atoms with van der Waals surface area (Å²) in [6.45, 7) is 5.14. The summed E-state index contributed by atoms with van der Waals surface area (Å²) in [6, 6.07) is 0. The number of ether oxygens (including phenoxy) is 7. The number of esters is 3. The maximum atomic E-state index is 11.8. The number of carbonyl (C=O) groups is 3. The highest BCUT2D eigenvalue weighted by atomic mass is 16.9. The normalized spacial score (nSPS) is 36.6. The number of rotatable bonds is 6. The number of hydrogen-bond acceptors (Lipinski definition) is 10. The molecule has 10 nitrogen and oxygen atoms in total. The van der Waals surface area contributed by atoms with Crippen LogP contribution in [0.25, 0.3) is 0 Å². The second-order valence-electron chi connectivity index (χ2n) is 7.93. The molecule has 0 aromatic heterocycles. The molecule has 0 radical (unpaired) electrons. The average molecular weight is 430 g/mol. The molecule has 0 amide bonds. The molecular weight excluding hydrogens is 400 g/mol. The summed E-state index contributed by atoms with van der Waals surface area (Å²) in [5.41, 5.74) is 0. The number of hydrogen-bond donors (Lipinski definition) is 0. The summed E-state index contributed by atoms with van der Waals surface area (Å²) in [6.07, 6.45) is 0.252. The van der Waals surface area contributed by atoms with Crippen molar-refractivity contribution in [3.8, 4) is 0 Å². The van der Waals surface area contributed by atoms with Crippen molar-refractivity contribution in [1.82, 2.24) is 0 Å². The Hall–Kier alpha value is -1.75. The van der Waals surface area contributed by atoms with E-state index in [-0.39, 0.29) is 12.7 Å². The van der Waals surface area contributed by atoms with E-state index in [4.69, 9.17) is 33.2 Å². The number of carbonyl (C=O) groups excluding carboxylic acids is 3. The molecule has 10 heteroatoms. The van der Waals surface area contributed by atoms with Gasteiger partial charge in [-0.25, -0.2) is 0 Å². The van der Waals surface area contributed by atoms with Gasteiger partial charge < -0.3 is 28.4 Å². The average Bonchev–Trinajstić information content (AvgIpc) is 2.98. The maximum Gasteiger partial charge on any atom is 0.303 e. The maximum absolute atomic E-state index is 11.8. The van der Waals surface area contributed by atoms with Gasteiger partial charge in [-0.2, -0.15) is 0 Å². The number of fused-ring (bicyclic) bond motifs is 1. The fraction of sp³-hybridized carbons (Fsp3) is 0.850. The predicted molar refractivity (Wildman–Crippen MR) is 98.7 cm³/mol. The molecule has 30 heavy (non-hydrogen) atoms. The van der Waals surface area contributed by atoms with Crippen LogP contribution in [0.1, 0.15) is 59.8 Å². The zero-order valence-corrected chi connectivity index (χ0v) is 17.8. The van der Waals surface area contributed by atoms with Gasteiger partial charge in [0.05, 0.1) is 6.10 Å². The Bertz CT molecular complexity index is 645. The third-order valence-corrected chi connectivity index (χ3v) is 5.26. The Morgan fingerprint density at radius 2 is 1.53 bits per heavy atom. The molecule has 1 saturated carbocycles. The van der Waals surface area contributed by atoms with Crippen LogP contribution in [-0.2, 0) is 47.5 Å². The molecular formula is C20H30O10. The summed E-state index contributed by atoms with van der Waals surface area (Å²) in [7, 11) is 0. The Labute approximate surface area is 175 Å². The zero-order chi connectivity index (χ0) is 21.9. The van der Waals surface area contributed by atoms with Gasteiger partial charge >= 0.3 is 17.9 Å². The van der Waals surface area contributed by atoms with Crippen LogP contribution in [0.2, 0.25) is 0 Å². The molecule has 170 valence electrons. The molecule has 0 aromatic carbocycles. The van der Waals surface area contributed by atoms with Crippen LogP contribution < -0.4 is 0 Å². The van der Waals surface area contributed by atoms with Crippen molar-refractivity contribution in [1.29, 1.82) is 0 Å². The summed E-state index contributed by atoms with van der Waals surface area (Å²) in [5.74, 6) is -3.13. The van der Waals surface area contributed by atoms with Gasteiger partial charge in [0.2, 0.25) is 0 Å². The summed E-state index contributed by atoms with van der Waals surface area (Å²) < 4.78 is 39.8. The van der Waals surface area contributed by atoms with Gasteiger partial charge in [0.15, 0.2) is 24.6 Å². The largest absolute Gasteiger partial charge is 0.463 e. The van der Waals surface area contributed by atoms with Crippen LogP contribution >= 0.6 is 0 Å². The van der Waals surface area contributed by atoms with E-state index in [1.54, 1.807) is 6.92 Å². The van der Waals surface area contributed by atoms with Gasteiger partial charge in [0.25, 0.3) is 5.97 Å². The minimum absolute atomic E-state index is 0.0165. The van der Waals surface area contributed by atoms with Crippen LogP contribution in [0.4, 0.5) is 0 Å². The Morgan fingerprint density at radius 3 is 2.13 bits per heavy atom. The third kappa shape index (κ3) is 5.69. The molecule has 2 aliphatic heterocycles. The summed E-state index contributed by atoms with van der Waals surface area (Å²) >= 11 is 0. The molecule has 2 heterocycles. The first kappa shape index (κ1) is 22.9. The van der Waals surface area contributed by atoms with Crippen molar-refractivity contribution < 1.29 is 47.5 Å². The summed E-state index contributed by atoms with van der Waals surface area (Å²) in [5, 5.41) is 0. The molecule has 0 spiro atoms. The first-order valence-corrected chi connectivity index (χ1v) is 10.3. The Morgan fingerprint density at radius 1 is 0.900 bits per heavy atom. The predicted octanol–water partition coefficient (Wildman–Crippen LogP) is 1.58. The van der Waals surface area contributed by atoms with Crippen LogP contribution in [0.5, 0.6) is 0 Å². The van der Waals surface area contributed by atoms with Gasteiger partial charge in [-0.3, -0.25) is 19.1 Å². The van der Waals surface area contributed by atoms with Crippen molar-refractivity contribution in [2.45, 2.75) is 103 Å². The van der Waals surface area contributed by atoms with Crippen LogP contribution in [0.3, 0.4) is 0 Å². The standard InChI is InChI=1S/C20H30O10/c1-11(21)24-10-15-16(25-12(2)22)17(26-13(3)23)18-19(27-15)30-20(4,29-18)28-14-8-6-5-7-9-14/h14-19H,5-10H2,1-4H3/t15-,16-,17+,18-,19+,20?/m1/s1. The van der Waals surface area contributed by atoms with Crippen molar-refractivity contribution >= 4 is 17.9 Å². The molecule has 0 aromatic rings. The quantitative estimate of drug-likeness (QED) is 0.454. The molecule has 6 atom stereocenters. The van der Waals surface area contributed by atoms with Crippen molar-refractivity contribution in [3.63, 3.8) is 0 Å². The van der Waals surface area contributed by atoms with E-state index in [1.165, 1.54) is 27.2 Å². The third-order valence-electron chi connectivity index (χ3n) is 5.26. The first-order valence-electron chi connectivity index (χ1n) is 10.3. The van der Waals surface area contributed by atoms with E-state index in [1.807, 2.05) is 0 Å². The summed E-state index contributed by atoms with van der Waals surface area (Å²) in [4.78, 5) is 34.7. The molecule has 3 rings (SSSR count). The van der Waals surface area contributed by atoms with E-state index < -0.39 is 54.6 Å². The van der Waals surface area contributed by atoms with Crippen molar-refractivity contribution in [2.75, 3.05) is 6.61 Å². The van der Waals surface area contributed by atoms with Crippen molar-refractivity contribution in [3.05, 3.63) is 0 Å². The fourth-order valence-electron chi connectivity index (χ4n) is 4.12. The Kier molecular flexibility index (Phi) is 7.33. The smallest absolute Gasteiger partial charge is 0.303 e. The lowest BCUT2D eigenvalue weighted by atomic mass is 9.98. The topological polar surface area (TPSA) is 116 Å². The zero-order valence-electron chi connectivity index (χ0n) is 17.8. The highest BCUT2D eigenvalue weighted by Crippen LogP contribution is 2.41. The van der Waals surface area contributed by atoms with Crippen LogP contribution in [0, 0.1) is 0 Å². The van der Waals surface area contributed by atoms with Gasteiger partial charge in [0, 0.05) is 27.7 Å². The highest BCUT2D eigenvalue weighted by Gasteiger charge is 2.59. The second kappa shape index (κ2) is 9.59. The molecule has 1 aliphatic carbocycles. The SMILES string of the molecule is CC(=O)OC[C@H]1O[C@H]2OC(C)(OC3CCCCC3)O[C@@H]2[C@@H](OC(C)=O)[C@@H]1OC(C)=O. The van der Waals surface area contributed by atoms with E-state index in [0.717, 1.165) is 25.7 Å². The molecule has 2 saturated heterocycles. The lowest BCUT2D eigenvalue weighted by Crippen LogP contribution is -2.60. The van der Waals surface area contributed by atoms with E-state index in [9.17, 15) is 14.4 Å². The monoisotopic (exact) mass is 430 g/mol. The lowest BCUT2D eigenvalue weighted by Gasteiger charge is -2.40. The van der Waals surface area contributed by atoms with Crippen molar-refractivity contribution in [2.24, 2.45) is 0 Å². The van der Waals surface area contributed by atoms with Crippen LogP contribution in [-0.4, -0.2) is 67.3 Å². The molecule has 1 unspecified atom stereocenters. The fourth-order valence-corrected chi connectivity index (χ4v) is 4.12. The van der Waals surface area contributed by atoms with E-state index in [0.29, 0.717) is 0 Å². The van der Waals surface area contributed by atoms with Crippen LogP contribution in [0.15, 0.2) is 0 Å². The van der Waals surface area contributed by atoms with E-state index >= 15 is 0 Å². The minimum Gasteiger partial charge on any atom is -0.463 e. The van der Waals surface area contributed by atoms with E-state index in [2.05, 4.69) is 0 Å². The molecule has 0 bridgehead atoms. The lowest BCUT2D eigenvalue weighted by molar-refractivity contribution is -0.360. The first-order chi connectivity index (χ1) is 14.2.